The highest BCUT2D eigenvalue weighted by Crippen LogP contribution is 2.28. The molecule has 4 atom stereocenters. The van der Waals surface area contributed by atoms with Gasteiger partial charge in [-0.3, -0.25) is 4.79 Å². The Morgan fingerprint density at radius 2 is 2.10 bits per heavy atom. The van der Waals surface area contributed by atoms with Gasteiger partial charge >= 0.3 is 0 Å². The van der Waals surface area contributed by atoms with Gasteiger partial charge in [0.15, 0.2) is 0 Å². The summed E-state index contributed by atoms with van der Waals surface area (Å²) in [5.74, 6) is 0.319. The molecule has 2 fully saturated rings. The van der Waals surface area contributed by atoms with Gasteiger partial charge in [-0.25, -0.2) is 0 Å². The van der Waals surface area contributed by atoms with Crippen LogP contribution < -0.4 is 10.1 Å². The molecule has 2 heterocycles. The zero-order chi connectivity index (χ0) is 15.0. The predicted molar refractivity (Wildman–Crippen MR) is 74.5 cm³/mol. The van der Waals surface area contributed by atoms with Crippen LogP contribution in [0.2, 0.25) is 0 Å². The van der Waals surface area contributed by atoms with Crippen molar-refractivity contribution >= 4 is 5.91 Å². The van der Waals surface area contributed by atoms with Gasteiger partial charge in [-0.05, 0) is 18.6 Å². The van der Waals surface area contributed by atoms with E-state index in [1.54, 1.807) is 6.07 Å². The van der Waals surface area contributed by atoms with Crippen molar-refractivity contribution in [1.82, 2.24) is 5.32 Å². The van der Waals surface area contributed by atoms with E-state index in [1.165, 1.54) is 7.11 Å². The van der Waals surface area contributed by atoms with Crippen LogP contribution in [0, 0.1) is 6.92 Å². The maximum Gasteiger partial charge on any atom is 0.255 e. The van der Waals surface area contributed by atoms with Crippen LogP contribution in [0.1, 0.15) is 15.9 Å². The molecule has 0 aliphatic carbocycles. The molecule has 2 aliphatic heterocycles. The Morgan fingerprint density at radius 3 is 2.86 bits per heavy atom. The number of fused-ring (bicyclic) bond motifs is 1. The van der Waals surface area contributed by atoms with Crippen molar-refractivity contribution in [3.63, 3.8) is 0 Å². The number of hydrogen-bond acceptors (Lipinski definition) is 5. The van der Waals surface area contributed by atoms with Crippen LogP contribution in [0.5, 0.6) is 5.75 Å². The second-order valence-corrected chi connectivity index (χ2v) is 5.40. The standard InChI is InChI=1S/C15H19NO5/c1-8-4-3-5-11(19-2)12(8)15(18)16-9-6-20-14-10(17)7-21-13(9)14/h3-5,9-10,13-14,17H,6-7H2,1-2H3,(H,16,18)/t9-,10-,13-,14-/m1/s1. The summed E-state index contributed by atoms with van der Waals surface area (Å²) in [5, 5.41) is 12.6. The minimum absolute atomic E-state index is 0.218. The smallest absolute Gasteiger partial charge is 0.255 e. The molecule has 3 rings (SSSR count). The fourth-order valence-corrected chi connectivity index (χ4v) is 2.95. The molecule has 114 valence electrons. The summed E-state index contributed by atoms with van der Waals surface area (Å²) >= 11 is 0. The van der Waals surface area contributed by atoms with Gasteiger partial charge in [0.25, 0.3) is 5.91 Å². The first kappa shape index (κ1) is 14.3. The minimum atomic E-state index is -0.620. The Kier molecular flexibility index (Phi) is 3.84. The van der Waals surface area contributed by atoms with Gasteiger partial charge < -0.3 is 24.6 Å². The number of hydrogen-bond donors (Lipinski definition) is 2. The molecule has 0 spiro atoms. The molecule has 2 N–H and O–H groups in total. The number of carbonyl (C=O) groups is 1. The Hall–Kier alpha value is -1.63. The summed E-state index contributed by atoms with van der Waals surface area (Å²) in [6, 6.07) is 5.20. The van der Waals surface area contributed by atoms with Crippen LogP contribution in [0.15, 0.2) is 18.2 Å². The fraction of sp³-hybridized carbons (Fsp3) is 0.533. The fourth-order valence-electron chi connectivity index (χ4n) is 2.95. The number of ether oxygens (including phenoxy) is 3. The first-order valence-corrected chi connectivity index (χ1v) is 6.97. The molecule has 2 saturated heterocycles. The summed E-state index contributed by atoms with van der Waals surface area (Å²) in [6.07, 6.45) is -1.27. The Balaban J connectivity index is 1.76. The molecule has 21 heavy (non-hydrogen) atoms. The maximum absolute atomic E-state index is 12.5. The number of benzene rings is 1. The highest BCUT2D eigenvalue weighted by atomic mass is 16.6. The molecular weight excluding hydrogens is 274 g/mol. The Bertz CT molecular complexity index is 547. The molecule has 2 aliphatic rings. The molecule has 6 nitrogen and oxygen atoms in total. The number of methoxy groups -OCH3 is 1. The highest BCUT2D eigenvalue weighted by molar-refractivity contribution is 5.98. The van der Waals surface area contributed by atoms with Gasteiger partial charge in [0.2, 0.25) is 0 Å². The molecule has 6 heteroatoms. The van der Waals surface area contributed by atoms with E-state index in [4.69, 9.17) is 14.2 Å². The number of amides is 1. The van der Waals surface area contributed by atoms with Crippen molar-refractivity contribution in [3.05, 3.63) is 29.3 Å². The van der Waals surface area contributed by atoms with Crippen LogP contribution in [0.3, 0.4) is 0 Å². The molecule has 0 radical (unpaired) electrons. The minimum Gasteiger partial charge on any atom is -0.496 e. The third-order valence-corrected chi connectivity index (χ3v) is 4.03. The van der Waals surface area contributed by atoms with E-state index in [0.29, 0.717) is 17.9 Å². The largest absolute Gasteiger partial charge is 0.496 e. The molecule has 0 saturated carbocycles. The van der Waals surface area contributed by atoms with E-state index in [0.717, 1.165) is 5.56 Å². The lowest BCUT2D eigenvalue weighted by molar-refractivity contribution is 0.0178. The summed E-state index contributed by atoms with van der Waals surface area (Å²) in [5.41, 5.74) is 1.36. The number of aliphatic hydroxyl groups is 1. The van der Waals surface area contributed by atoms with E-state index in [9.17, 15) is 9.90 Å². The van der Waals surface area contributed by atoms with Crippen molar-refractivity contribution < 1.29 is 24.1 Å². The van der Waals surface area contributed by atoms with E-state index >= 15 is 0 Å². The van der Waals surface area contributed by atoms with E-state index in [2.05, 4.69) is 5.32 Å². The first-order valence-electron chi connectivity index (χ1n) is 6.97. The van der Waals surface area contributed by atoms with E-state index in [-0.39, 0.29) is 30.8 Å². The van der Waals surface area contributed by atoms with Gasteiger partial charge in [0.1, 0.15) is 24.1 Å². The monoisotopic (exact) mass is 293 g/mol. The predicted octanol–water partition coefficient (Wildman–Crippen LogP) is 0.261. The summed E-state index contributed by atoms with van der Waals surface area (Å²) in [4.78, 5) is 12.5. The summed E-state index contributed by atoms with van der Waals surface area (Å²) in [7, 11) is 1.54. The Labute approximate surface area is 123 Å². The van der Waals surface area contributed by atoms with Crippen molar-refractivity contribution in [1.29, 1.82) is 0 Å². The average Bonchev–Trinajstić information content (AvgIpc) is 3.03. The molecule has 1 aromatic rings. The second-order valence-electron chi connectivity index (χ2n) is 5.40. The lowest BCUT2D eigenvalue weighted by atomic mass is 10.0. The molecule has 0 unspecified atom stereocenters. The van der Waals surface area contributed by atoms with Gasteiger partial charge in [-0.15, -0.1) is 0 Å². The number of rotatable bonds is 3. The number of aryl methyl sites for hydroxylation is 1. The van der Waals surface area contributed by atoms with E-state index in [1.807, 2.05) is 19.1 Å². The van der Waals surface area contributed by atoms with Gasteiger partial charge in [-0.2, -0.15) is 0 Å². The zero-order valence-electron chi connectivity index (χ0n) is 12.0. The van der Waals surface area contributed by atoms with Crippen LogP contribution >= 0.6 is 0 Å². The van der Waals surface area contributed by atoms with Crippen LogP contribution in [0.25, 0.3) is 0 Å². The number of nitrogens with one attached hydrogen (secondary N) is 1. The zero-order valence-corrected chi connectivity index (χ0v) is 12.0. The topological polar surface area (TPSA) is 77.0 Å². The van der Waals surface area contributed by atoms with Crippen LogP contribution in [0.4, 0.5) is 0 Å². The normalized spacial score (nSPS) is 31.0. The quantitative estimate of drug-likeness (QED) is 0.836. The van der Waals surface area contributed by atoms with Crippen molar-refractivity contribution in [2.45, 2.75) is 31.3 Å². The lowest BCUT2D eigenvalue weighted by Crippen LogP contribution is -2.44. The third kappa shape index (κ3) is 2.50. The summed E-state index contributed by atoms with van der Waals surface area (Å²) < 4.78 is 16.3. The van der Waals surface area contributed by atoms with Crippen molar-refractivity contribution in [3.8, 4) is 5.75 Å². The second kappa shape index (κ2) is 5.63. The average molecular weight is 293 g/mol. The van der Waals surface area contributed by atoms with E-state index < -0.39 is 6.10 Å². The highest BCUT2D eigenvalue weighted by Gasteiger charge is 2.47. The van der Waals surface area contributed by atoms with Crippen LogP contribution in [-0.4, -0.2) is 55.7 Å². The Morgan fingerprint density at radius 1 is 1.33 bits per heavy atom. The van der Waals surface area contributed by atoms with Crippen molar-refractivity contribution in [2.24, 2.45) is 0 Å². The summed E-state index contributed by atoms with van der Waals surface area (Å²) in [6.45, 7) is 2.45. The third-order valence-electron chi connectivity index (χ3n) is 4.03. The van der Waals surface area contributed by atoms with Crippen LogP contribution in [-0.2, 0) is 9.47 Å². The molecule has 0 bridgehead atoms. The van der Waals surface area contributed by atoms with Crippen molar-refractivity contribution in [2.75, 3.05) is 20.3 Å². The lowest BCUT2D eigenvalue weighted by Gasteiger charge is -2.19. The van der Waals surface area contributed by atoms with Gasteiger partial charge in [0, 0.05) is 0 Å². The number of aliphatic hydroxyl groups excluding tert-OH is 1. The maximum atomic E-state index is 12.5. The molecular formula is C15H19NO5. The molecule has 1 aromatic carbocycles. The van der Waals surface area contributed by atoms with Gasteiger partial charge in [-0.1, -0.05) is 12.1 Å². The molecule has 0 aromatic heterocycles. The molecule has 1 amide bonds. The van der Waals surface area contributed by atoms with Gasteiger partial charge in [0.05, 0.1) is 31.9 Å². The SMILES string of the molecule is COc1cccc(C)c1C(=O)N[C@@H]1CO[C@H]2[C@@H]1OC[C@H]2O. The first-order chi connectivity index (χ1) is 10.1. The number of carbonyl (C=O) groups excluding carboxylic acids is 1.